The summed E-state index contributed by atoms with van der Waals surface area (Å²) in [7, 11) is 0. The van der Waals surface area contributed by atoms with E-state index in [4.69, 9.17) is 24.5 Å². The molecule has 3 aliphatic heterocycles. The lowest BCUT2D eigenvalue weighted by Crippen LogP contribution is -2.38. The van der Waals surface area contributed by atoms with Crippen molar-refractivity contribution >= 4 is 68.1 Å². The summed E-state index contributed by atoms with van der Waals surface area (Å²) in [6.07, 6.45) is 7.74. The van der Waals surface area contributed by atoms with E-state index in [1.165, 1.54) is 0 Å². The van der Waals surface area contributed by atoms with Crippen LogP contribution in [0.15, 0.2) is 91.5 Å². The molecule has 308 valence electrons. The van der Waals surface area contributed by atoms with Crippen LogP contribution in [-0.2, 0) is 14.3 Å². The molecule has 61 heavy (non-hydrogen) atoms. The number of nitrogens with one attached hydrogen (secondary N) is 2. The van der Waals surface area contributed by atoms with Crippen molar-refractivity contribution in [2.24, 2.45) is 0 Å². The molecule has 17 heteroatoms. The molecule has 11 rings (SSSR count). The van der Waals surface area contributed by atoms with Crippen molar-refractivity contribution in [1.29, 1.82) is 0 Å². The van der Waals surface area contributed by atoms with Crippen LogP contribution in [0, 0.1) is 0 Å². The van der Waals surface area contributed by atoms with Crippen LogP contribution in [0.1, 0.15) is 23.2 Å². The first-order valence-corrected chi connectivity index (χ1v) is 20.4. The average Bonchev–Trinajstić information content (AvgIpc) is 3.94. The molecule has 0 saturated carbocycles. The quantitative estimate of drug-likeness (QED) is 0.176. The number of carbonyl (C=O) groups excluding carboxylic acids is 1. The molecule has 0 aliphatic carbocycles. The molecule has 0 amide bonds. The predicted molar refractivity (Wildman–Crippen MR) is 232 cm³/mol. The van der Waals surface area contributed by atoms with Gasteiger partial charge in [-0.05, 0) is 24.3 Å². The van der Waals surface area contributed by atoms with E-state index in [-0.39, 0.29) is 12.2 Å². The molecule has 0 atom stereocenters. The zero-order valence-corrected chi connectivity index (χ0v) is 33.2. The van der Waals surface area contributed by atoms with Gasteiger partial charge in [-0.3, -0.25) is 19.6 Å². The molecule has 9 heterocycles. The minimum absolute atomic E-state index is 0.0133. The number of anilines is 4. The second kappa shape index (κ2) is 16.4. The van der Waals surface area contributed by atoms with Gasteiger partial charge in [-0.1, -0.05) is 36.4 Å². The molecular weight excluding hydrogens is 777 g/mol. The second-order valence-electron chi connectivity index (χ2n) is 14.9. The third-order valence-electron chi connectivity index (χ3n) is 11.1. The van der Waals surface area contributed by atoms with Gasteiger partial charge in [0, 0.05) is 97.2 Å². The van der Waals surface area contributed by atoms with Crippen LogP contribution in [0.5, 0.6) is 0 Å². The number of morpholine rings is 2. The van der Waals surface area contributed by atoms with Gasteiger partial charge in [-0.15, -0.1) is 0 Å². The predicted octanol–water partition coefficient (Wildman–Crippen LogP) is 5.45. The van der Waals surface area contributed by atoms with E-state index in [0.29, 0.717) is 81.9 Å². The molecule has 2 fully saturated rings. The maximum atomic E-state index is 12.8. The number of ether oxygens (including phenoxy) is 2. The fraction of sp³-hybridized carbons (Fsp3) is 0.273. The van der Waals surface area contributed by atoms with Gasteiger partial charge >= 0.3 is 5.97 Å². The first-order chi connectivity index (χ1) is 30.0. The Balaban J connectivity index is 0.000000146. The lowest BCUT2D eigenvalue weighted by Gasteiger charge is -2.31. The van der Waals surface area contributed by atoms with Crippen LogP contribution < -0.4 is 20.4 Å². The van der Waals surface area contributed by atoms with Crippen LogP contribution in [-0.4, -0.2) is 122 Å². The smallest absolute Gasteiger partial charge is 0.305 e. The van der Waals surface area contributed by atoms with E-state index >= 15 is 0 Å². The fourth-order valence-electron chi connectivity index (χ4n) is 8.00. The number of nitrogens with zero attached hydrogens (tertiary/aromatic N) is 10. The molecule has 3 aliphatic rings. The highest BCUT2D eigenvalue weighted by molar-refractivity contribution is 6.07. The number of carboxylic acid groups (broad SMARTS) is 1. The highest BCUT2D eigenvalue weighted by atomic mass is 16.5. The van der Waals surface area contributed by atoms with Gasteiger partial charge in [0.2, 0.25) is 0 Å². The van der Waals surface area contributed by atoms with E-state index in [1.54, 1.807) is 21.4 Å². The largest absolute Gasteiger partial charge is 0.481 e. The summed E-state index contributed by atoms with van der Waals surface area (Å²) in [5, 5.41) is 26.8. The standard InChI is InChI=1S/C22H22N6O3.C22H20N6O2/c29-21(30)5-6-23-19-12-20(27-7-9-31-10-8-27)26-22-17(14-25-28(19)22)16-11-15-3-1-2-4-18(15)24-13-16;29-18-5-6-23-21-19(18)22(27-7-9-30-10-8-27)26-20-16(13-25-28(20)21)15-11-14-3-1-2-4-17(14)24-12-15/h1-4,11-14,23H,5-10H2,(H,29,30);1-4,11-13,23H,5-10H2. The SMILES string of the molecule is O=C(O)CCNc1cc(N2CCOCC2)nc2c(-c3cnc4ccccc4c3)cnn12.O=C1CCNc2c1c(N1CCOCC1)nc1c(-c3cnc4ccccc4c3)cnn21. The molecule has 3 N–H and O–H groups in total. The number of ketones is 1. The van der Waals surface area contributed by atoms with Gasteiger partial charge in [0.25, 0.3) is 0 Å². The van der Waals surface area contributed by atoms with E-state index < -0.39 is 5.97 Å². The van der Waals surface area contributed by atoms with Crippen molar-refractivity contribution in [3.05, 3.63) is 97.1 Å². The summed E-state index contributed by atoms with van der Waals surface area (Å²) in [4.78, 5) is 47.1. The van der Waals surface area contributed by atoms with Gasteiger partial charge in [0.05, 0.1) is 56.3 Å². The number of fused-ring (bicyclic) bond motifs is 6. The normalized spacial score (nSPS) is 15.4. The summed E-state index contributed by atoms with van der Waals surface area (Å²) in [5.74, 6) is 2.20. The Morgan fingerprint density at radius 2 is 1.33 bits per heavy atom. The first-order valence-electron chi connectivity index (χ1n) is 20.4. The third kappa shape index (κ3) is 7.49. The van der Waals surface area contributed by atoms with Gasteiger partial charge in [-0.2, -0.15) is 19.2 Å². The highest BCUT2D eigenvalue weighted by Crippen LogP contribution is 2.36. The Labute approximate surface area is 349 Å². The lowest BCUT2D eigenvalue weighted by atomic mass is 10.0. The van der Waals surface area contributed by atoms with E-state index in [1.807, 2.05) is 67.0 Å². The number of hydrogen-bond acceptors (Lipinski definition) is 14. The van der Waals surface area contributed by atoms with Crippen molar-refractivity contribution in [3.8, 4) is 22.3 Å². The topological polar surface area (TPSA) is 190 Å². The number of pyridine rings is 2. The Hall–Kier alpha value is -7.24. The molecule has 6 aromatic heterocycles. The summed E-state index contributed by atoms with van der Waals surface area (Å²) in [6.45, 7) is 6.37. The average molecular weight is 819 g/mol. The van der Waals surface area contributed by atoms with Gasteiger partial charge in [-0.25, -0.2) is 9.97 Å². The number of Topliss-reactive ketones (excluding diaryl/α,β-unsaturated/α-hetero) is 1. The zero-order valence-electron chi connectivity index (χ0n) is 33.2. The zero-order chi connectivity index (χ0) is 41.3. The van der Waals surface area contributed by atoms with Gasteiger partial charge in [0.15, 0.2) is 17.1 Å². The Morgan fingerprint density at radius 3 is 1.97 bits per heavy atom. The number of aliphatic carboxylic acids is 1. The molecule has 0 bridgehead atoms. The number of benzene rings is 2. The molecular formula is C44H42N12O5. The van der Waals surface area contributed by atoms with Crippen LogP contribution in [0.2, 0.25) is 0 Å². The minimum Gasteiger partial charge on any atom is -0.481 e. The van der Waals surface area contributed by atoms with Crippen molar-refractivity contribution < 1.29 is 24.2 Å². The number of aromatic nitrogens is 8. The third-order valence-corrected chi connectivity index (χ3v) is 11.1. The molecule has 0 unspecified atom stereocenters. The van der Waals surface area contributed by atoms with Crippen molar-refractivity contribution in [1.82, 2.24) is 39.2 Å². The van der Waals surface area contributed by atoms with E-state index in [9.17, 15) is 9.59 Å². The summed E-state index contributed by atoms with van der Waals surface area (Å²) < 4.78 is 14.4. The van der Waals surface area contributed by atoms with Crippen LogP contribution in [0.25, 0.3) is 55.4 Å². The fourth-order valence-corrected chi connectivity index (χ4v) is 8.00. The number of hydrogen-bond donors (Lipinski definition) is 3. The van der Waals surface area contributed by atoms with Gasteiger partial charge < -0.3 is 35.0 Å². The molecule has 0 spiro atoms. The first kappa shape index (κ1) is 38.0. The van der Waals surface area contributed by atoms with Crippen molar-refractivity contribution in [3.63, 3.8) is 0 Å². The number of carbonyl (C=O) groups is 2. The van der Waals surface area contributed by atoms with Crippen molar-refractivity contribution in [2.75, 3.05) is 86.1 Å². The summed E-state index contributed by atoms with van der Waals surface area (Å²) in [6, 6.07) is 22.1. The maximum absolute atomic E-state index is 12.8. The van der Waals surface area contributed by atoms with E-state index in [2.05, 4.69) is 52.7 Å². The molecule has 2 saturated heterocycles. The van der Waals surface area contributed by atoms with Crippen LogP contribution >= 0.6 is 0 Å². The van der Waals surface area contributed by atoms with Crippen molar-refractivity contribution in [2.45, 2.75) is 12.8 Å². The maximum Gasteiger partial charge on any atom is 0.305 e. The molecule has 0 radical (unpaired) electrons. The van der Waals surface area contributed by atoms with Gasteiger partial charge in [0.1, 0.15) is 28.8 Å². The summed E-state index contributed by atoms with van der Waals surface area (Å²) >= 11 is 0. The Bertz CT molecular complexity index is 2940. The van der Waals surface area contributed by atoms with Crippen LogP contribution in [0.4, 0.5) is 23.3 Å². The summed E-state index contributed by atoms with van der Waals surface area (Å²) in [5.41, 5.74) is 7.56. The Morgan fingerprint density at radius 1 is 0.738 bits per heavy atom. The molecule has 8 aromatic rings. The molecule has 17 nitrogen and oxygen atoms in total. The number of para-hydroxylation sites is 2. The van der Waals surface area contributed by atoms with E-state index in [0.717, 1.165) is 74.4 Å². The van der Waals surface area contributed by atoms with Crippen LogP contribution in [0.3, 0.4) is 0 Å². The highest BCUT2D eigenvalue weighted by Gasteiger charge is 2.30. The second-order valence-corrected chi connectivity index (χ2v) is 14.9. The monoisotopic (exact) mass is 818 g/mol. The number of rotatable bonds is 8. The minimum atomic E-state index is -0.852. The number of carboxylic acids is 1. The lowest BCUT2D eigenvalue weighted by molar-refractivity contribution is -0.136. The Kier molecular flexibility index (Phi) is 10.2. The molecule has 2 aromatic carbocycles.